The molecule has 1 amide bonds. The molecular formula is C16H13FN4O2. The van der Waals surface area contributed by atoms with Crippen LogP contribution in [0.25, 0.3) is 10.9 Å². The minimum Gasteiger partial charge on any atom is -0.311 e. The van der Waals surface area contributed by atoms with Crippen molar-refractivity contribution in [3.63, 3.8) is 0 Å². The number of aryl methyl sites for hydroxylation is 2. The van der Waals surface area contributed by atoms with E-state index in [1.807, 2.05) is 0 Å². The molecule has 3 aromatic rings. The predicted molar refractivity (Wildman–Crippen MR) is 84.0 cm³/mol. The number of pyridine rings is 1. The van der Waals surface area contributed by atoms with Crippen LogP contribution in [-0.4, -0.2) is 20.9 Å². The lowest BCUT2D eigenvalue weighted by molar-refractivity contribution is 0.102. The monoisotopic (exact) mass is 312 g/mol. The molecule has 0 spiro atoms. The van der Waals surface area contributed by atoms with Crippen LogP contribution in [-0.2, 0) is 0 Å². The van der Waals surface area contributed by atoms with Crippen LogP contribution in [0.1, 0.15) is 21.9 Å². The second-order valence-electron chi connectivity index (χ2n) is 5.14. The van der Waals surface area contributed by atoms with Crippen LogP contribution in [0.15, 0.2) is 35.1 Å². The van der Waals surface area contributed by atoms with Crippen molar-refractivity contribution >= 4 is 22.6 Å². The molecule has 0 saturated carbocycles. The lowest BCUT2D eigenvalue weighted by atomic mass is 10.1. The lowest BCUT2D eigenvalue weighted by Gasteiger charge is -2.09. The molecule has 2 aromatic heterocycles. The molecule has 0 radical (unpaired) electrons. The number of nitrogens with one attached hydrogen (secondary N) is 2. The Morgan fingerprint density at radius 3 is 2.70 bits per heavy atom. The van der Waals surface area contributed by atoms with E-state index in [0.717, 1.165) is 0 Å². The molecule has 0 aliphatic heterocycles. The zero-order valence-electron chi connectivity index (χ0n) is 12.5. The SMILES string of the molecule is Cc1cc(C(=O)Nc2cc(=O)[nH]c(C)n2)c2cc(F)ccc2n1. The van der Waals surface area contributed by atoms with Crippen molar-refractivity contribution in [2.24, 2.45) is 0 Å². The van der Waals surface area contributed by atoms with E-state index in [4.69, 9.17) is 0 Å². The number of fused-ring (bicyclic) bond motifs is 1. The first-order valence-corrected chi connectivity index (χ1v) is 6.88. The Labute approximate surface area is 130 Å². The molecule has 0 unspecified atom stereocenters. The van der Waals surface area contributed by atoms with Gasteiger partial charge in [-0.15, -0.1) is 0 Å². The second kappa shape index (κ2) is 5.60. The van der Waals surface area contributed by atoms with E-state index in [0.29, 0.717) is 22.4 Å². The highest BCUT2D eigenvalue weighted by atomic mass is 19.1. The Morgan fingerprint density at radius 2 is 1.96 bits per heavy atom. The summed E-state index contributed by atoms with van der Waals surface area (Å²) < 4.78 is 13.5. The summed E-state index contributed by atoms with van der Waals surface area (Å²) >= 11 is 0. The van der Waals surface area contributed by atoms with Gasteiger partial charge in [0.1, 0.15) is 17.5 Å². The molecule has 116 valence electrons. The number of carbonyl (C=O) groups is 1. The van der Waals surface area contributed by atoms with Gasteiger partial charge in [0.25, 0.3) is 11.5 Å². The largest absolute Gasteiger partial charge is 0.311 e. The molecular weight excluding hydrogens is 299 g/mol. The molecule has 0 saturated heterocycles. The van der Waals surface area contributed by atoms with Gasteiger partial charge in [-0.05, 0) is 38.1 Å². The fourth-order valence-electron chi connectivity index (χ4n) is 2.35. The highest BCUT2D eigenvalue weighted by molar-refractivity contribution is 6.12. The van der Waals surface area contributed by atoms with Crippen molar-refractivity contribution < 1.29 is 9.18 Å². The summed E-state index contributed by atoms with van der Waals surface area (Å²) in [4.78, 5) is 34.7. The summed E-state index contributed by atoms with van der Waals surface area (Å²) in [6, 6.07) is 6.81. The van der Waals surface area contributed by atoms with Gasteiger partial charge in [0, 0.05) is 17.1 Å². The average Bonchev–Trinajstić information content (AvgIpc) is 2.45. The third-order valence-electron chi connectivity index (χ3n) is 3.25. The number of aromatic amines is 1. The van der Waals surface area contributed by atoms with Gasteiger partial charge < -0.3 is 10.3 Å². The first kappa shape index (κ1) is 14.8. The van der Waals surface area contributed by atoms with Crippen LogP contribution in [0.4, 0.5) is 10.2 Å². The molecule has 7 heteroatoms. The fourth-order valence-corrected chi connectivity index (χ4v) is 2.35. The molecule has 2 heterocycles. The molecule has 23 heavy (non-hydrogen) atoms. The normalized spacial score (nSPS) is 10.7. The molecule has 0 aliphatic rings. The summed E-state index contributed by atoms with van der Waals surface area (Å²) in [5.74, 6) is -0.421. The Hall–Kier alpha value is -3.09. The van der Waals surface area contributed by atoms with Gasteiger partial charge in [-0.3, -0.25) is 14.6 Å². The summed E-state index contributed by atoms with van der Waals surface area (Å²) in [7, 11) is 0. The zero-order chi connectivity index (χ0) is 16.6. The minimum absolute atomic E-state index is 0.135. The molecule has 3 rings (SSSR count). The van der Waals surface area contributed by atoms with E-state index in [2.05, 4.69) is 20.3 Å². The van der Waals surface area contributed by atoms with Crippen LogP contribution in [0, 0.1) is 19.7 Å². The van der Waals surface area contributed by atoms with Gasteiger partial charge in [0.05, 0.1) is 11.1 Å². The van der Waals surface area contributed by atoms with Gasteiger partial charge in [-0.2, -0.15) is 0 Å². The first-order chi connectivity index (χ1) is 10.9. The smallest absolute Gasteiger partial charge is 0.257 e. The van der Waals surface area contributed by atoms with Crippen molar-refractivity contribution in [2.45, 2.75) is 13.8 Å². The number of carbonyl (C=O) groups excluding carboxylic acids is 1. The Balaban J connectivity index is 2.06. The maximum absolute atomic E-state index is 13.5. The van der Waals surface area contributed by atoms with E-state index in [1.165, 1.54) is 24.3 Å². The van der Waals surface area contributed by atoms with Crippen LogP contribution in [0.5, 0.6) is 0 Å². The van der Waals surface area contributed by atoms with Crippen molar-refractivity contribution in [2.75, 3.05) is 5.32 Å². The maximum atomic E-state index is 13.5. The molecule has 0 bridgehead atoms. The number of hydrogen-bond acceptors (Lipinski definition) is 4. The molecule has 0 atom stereocenters. The molecule has 0 aliphatic carbocycles. The summed E-state index contributed by atoms with van der Waals surface area (Å²) in [5.41, 5.74) is 1.05. The number of aromatic nitrogens is 3. The molecule has 2 N–H and O–H groups in total. The standard InChI is InChI=1S/C16H13FN4O2/c1-8-5-12(11-6-10(17)3-4-13(11)18-8)16(23)21-14-7-15(22)20-9(2)19-14/h3-7H,1-2H3,(H2,19,20,21,22,23). The molecule has 6 nitrogen and oxygen atoms in total. The third-order valence-corrected chi connectivity index (χ3v) is 3.25. The third kappa shape index (κ3) is 3.08. The van der Waals surface area contributed by atoms with E-state index in [-0.39, 0.29) is 16.9 Å². The van der Waals surface area contributed by atoms with Gasteiger partial charge >= 0.3 is 0 Å². The second-order valence-corrected chi connectivity index (χ2v) is 5.14. The minimum atomic E-state index is -0.483. The number of H-pyrrole nitrogens is 1. The predicted octanol–water partition coefficient (Wildman–Crippen LogP) is 2.33. The van der Waals surface area contributed by atoms with Crippen molar-refractivity contribution in [3.8, 4) is 0 Å². The molecule has 1 aromatic carbocycles. The van der Waals surface area contributed by atoms with Crippen LogP contribution >= 0.6 is 0 Å². The lowest BCUT2D eigenvalue weighted by Crippen LogP contribution is -2.18. The highest BCUT2D eigenvalue weighted by Gasteiger charge is 2.14. The quantitative estimate of drug-likeness (QED) is 0.760. The van der Waals surface area contributed by atoms with Crippen LogP contribution < -0.4 is 10.9 Å². The van der Waals surface area contributed by atoms with Gasteiger partial charge in [-0.1, -0.05) is 0 Å². The number of anilines is 1. The maximum Gasteiger partial charge on any atom is 0.257 e. The van der Waals surface area contributed by atoms with Gasteiger partial charge in [0.15, 0.2) is 0 Å². The molecule has 0 fully saturated rings. The number of nitrogens with zero attached hydrogens (tertiary/aromatic N) is 2. The summed E-state index contributed by atoms with van der Waals surface area (Å²) in [6.07, 6.45) is 0. The highest BCUT2D eigenvalue weighted by Crippen LogP contribution is 2.20. The number of rotatable bonds is 2. The van der Waals surface area contributed by atoms with Gasteiger partial charge in [0.2, 0.25) is 0 Å². The van der Waals surface area contributed by atoms with E-state index >= 15 is 0 Å². The van der Waals surface area contributed by atoms with Gasteiger partial charge in [-0.25, -0.2) is 9.37 Å². The number of amides is 1. The zero-order valence-corrected chi connectivity index (χ0v) is 12.5. The van der Waals surface area contributed by atoms with E-state index in [9.17, 15) is 14.0 Å². The number of hydrogen-bond donors (Lipinski definition) is 2. The Bertz CT molecular complexity index is 981. The van der Waals surface area contributed by atoms with Crippen LogP contribution in [0.2, 0.25) is 0 Å². The number of benzene rings is 1. The topological polar surface area (TPSA) is 87.7 Å². The van der Waals surface area contributed by atoms with Crippen molar-refractivity contribution in [1.29, 1.82) is 0 Å². The first-order valence-electron chi connectivity index (χ1n) is 6.88. The van der Waals surface area contributed by atoms with E-state index < -0.39 is 11.7 Å². The average molecular weight is 312 g/mol. The Morgan fingerprint density at radius 1 is 1.17 bits per heavy atom. The summed E-state index contributed by atoms with van der Waals surface area (Å²) in [6.45, 7) is 3.35. The van der Waals surface area contributed by atoms with Crippen LogP contribution in [0.3, 0.4) is 0 Å². The van der Waals surface area contributed by atoms with Crippen molar-refractivity contribution in [1.82, 2.24) is 15.0 Å². The Kier molecular flexibility index (Phi) is 3.61. The summed E-state index contributed by atoms with van der Waals surface area (Å²) in [5, 5.41) is 2.96. The number of halogens is 1. The fraction of sp³-hybridized carbons (Fsp3) is 0.125. The van der Waals surface area contributed by atoms with Crippen molar-refractivity contribution in [3.05, 3.63) is 63.6 Å². The van der Waals surface area contributed by atoms with E-state index in [1.54, 1.807) is 19.9 Å².